The molecule has 0 bridgehead atoms. The number of nitriles is 1. The van der Waals surface area contributed by atoms with Crippen LogP contribution in [-0.2, 0) is 28.6 Å². The molecule has 0 amide bonds. The van der Waals surface area contributed by atoms with E-state index >= 15 is 0 Å². The third kappa shape index (κ3) is 4.30. The summed E-state index contributed by atoms with van der Waals surface area (Å²) in [6.45, 7) is 2.13. The third-order valence-electron chi connectivity index (χ3n) is 2.95. The van der Waals surface area contributed by atoms with E-state index in [0.29, 0.717) is 0 Å². The number of benzene rings is 1. The Bertz CT molecular complexity index is 792. The smallest absolute Gasteiger partial charge is 0.247 e. The van der Waals surface area contributed by atoms with Crippen molar-refractivity contribution in [3.8, 4) is 6.19 Å². The number of hydrogen-bond donors (Lipinski definition) is 0. The molecule has 1 heterocycles. The van der Waals surface area contributed by atoms with Gasteiger partial charge in [0.05, 0.1) is 5.69 Å². The number of sulfone groups is 1. The van der Waals surface area contributed by atoms with Gasteiger partial charge in [-0.2, -0.15) is 10.2 Å². The summed E-state index contributed by atoms with van der Waals surface area (Å²) in [5.41, 5.74) is 1.84. The number of hydrogen-bond acceptors (Lipinski definition) is 7. The molecule has 2 rings (SSSR count). The average molecular weight is 320 g/mol. The number of aryl methyl sites for hydroxylation is 1. The molecule has 0 unspecified atom stereocenters. The van der Waals surface area contributed by atoms with Gasteiger partial charge in [0.1, 0.15) is 12.3 Å². The number of rotatable bonds is 6. The van der Waals surface area contributed by atoms with Crippen molar-refractivity contribution in [2.75, 3.05) is 11.2 Å². The van der Waals surface area contributed by atoms with E-state index in [1.165, 1.54) is 4.90 Å². The Kier molecular flexibility index (Phi) is 4.78. The quantitative estimate of drug-likeness (QED) is 0.589. The molecule has 116 valence electrons. The van der Waals surface area contributed by atoms with E-state index in [-0.39, 0.29) is 24.0 Å². The van der Waals surface area contributed by atoms with Gasteiger partial charge in [-0.05, 0) is 24.1 Å². The summed E-state index contributed by atoms with van der Waals surface area (Å²) < 4.78 is 27.4. The van der Waals surface area contributed by atoms with E-state index in [9.17, 15) is 13.7 Å². The first-order valence-electron chi connectivity index (χ1n) is 6.66. The Labute approximate surface area is 129 Å². The molecular weight excluding hydrogens is 304 g/mol. The van der Waals surface area contributed by atoms with E-state index in [2.05, 4.69) is 16.3 Å². The van der Waals surface area contributed by atoms with Gasteiger partial charge in [0.2, 0.25) is 5.89 Å². The van der Waals surface area contributed by atoms with Crippen LogP contribution in [0, 0.1) is 11.5 Å². The van der Waals surface area contributed by atoms with Crippen molar-refractivity contribution in [1.82, 2.24) is 10.1 Å². The van der Waals surface area contributed by atoms with Gasteiger partial charge in [-0.15, -0.1) is 0 Å². The summed E-state index contributed by atoms with van der Waals surface area (Å²) >= 11 is 0. The lowest BCUT2D eigenvalue weighted by atomic mass is 10.1. The van der Waals surface area contributed by atoms with Crippen molar-refractivity contribution in [2.45, 2.75) is 25.6 Å². The Morgan fingerprint density at radius 3 is 2.82 bits per heavy atom. The molecule has 0 saturated heterocycles. The van der Waals surface area contributed by atoms with Crippen molar-refractivity contribution in [3.05, 3.63) is 41.5 Å². The van der Waals surface area contributed by atoms with Gasteiger partial charge in [-0.3, -0.25) is 4.90 Å². The van der Waals surface area contributed by atoms with Crippen LogP contribution in [-0.4, -0.2) is 24.8 Å². The molecular formula is C14H16N4O3S. The van der Waals surface area contributed by atoms with Crippen LogP contribution < -0.4 is 4.90 Å². The second-order valence-corrected chi connectivity index (χ2v) is 7.02. The molecule has 0 aliphatic heterocycles. The number of nitrogens with zero attached hydrogens (tertiary/aromatic N) is 4. The zero-order chi connectivity index (χ0) is 16.2. The lowest BCUT2D eigenvalue weighted by molar-refractivity contribution is 0.375. The average Bonchev–Trinajstić information content (AvgIpc) is 2.89. The molecule has 7 nitrogen and oxygen atoms in total. The maximum atomic E-state index is 11.2. The molecule has 0 spiro atoms. The van der Waals surface area contributed by atoms with Crippen molar-refractivity contribution in [1.29, 1.82) is 5.26 Å². The van der Waals surface area contributed by atoms with Gasteiger partial charge in [0, 0.05) is 6.26 Å². The van der Waals surface area contributed by atoms with Crippen molar-refractivity contribution >= 4 is 15.5 Å². The molecule has 22 heavy (non-hydrogen) atoms. The second-order valence-electron chi connectivity index (χ2n) is 4.88. The first-order valence-corrected chi connectivity index (χ1v) is 8.72. The minimum atomic E-state index is -3.22. The van der Waals surface area contributed by atoms with Crippen LogP contribution in [0.4, 0.5) is 5.69 Å². The highest BCUT2D eigenvalue weighted by molar-refractivity contribution is 7.89. The van der Waals surface area contributed by atoms with Gasteiger partial charge in [0.15, 0.2) is 21.9 Å². The fraction of sp³-hybridized carbons (Fsp3) is 0.357. The Balaban J connectivity index is 2.15. The van der Waals surface area contributed by atoms with Crippen LogP contribution in [0.25, 0.3) is 0 Å². The highest BCUT2D eigenvalue weighted by atomic mass is 32.2. The second kappa shape index (κ2) is 6.58. The Hall–Kier alpha value is -2.40. The summed E-state index contributed by atoms with van der Waals surface area (Å²) in [5.74, 6) is 0.00812. The highest BCUT2D eigenvalue weighted by Crippen LogP contribution is 2.18. The molecule has 1 aromatic heterocycles. The molecule has 2 aromatic rings. The van der Waals surface area contributed by atoms with Gasteiger partial charge < -0.3 is 4.52 Å². The summed E-state index contributed by atoms with van der Waals surface area (Å²) in [7, 11) is -3.22. The molecule has 8 heteroatoms. The molecule has 0 aliphatic carbocycles. The SMILES string of the molecule is CCc1cccc(N(C#N)Cc2nc(CS(C)(=O)=O)no2)c1. The van der Waals surface area contributed by atoms with Crippen LogP contribution in [0.15, 0.2) is 28.8 Å². The molecule has 1 aromatic carbocycles. The Morgan fingerprint density at radius 1 is 1.41 bits per heavy atom. The monoisotopic (exact) mass is 320 g/mol. The molecule has 0 N–H and O–H groups in total. The van der Waals surface area contributed by atoms with Gasteiger partial charge in [-0.25, -0.2) is 8.42 Å². The summed E-state index contributed by atoms with van der Waals surface area (Å²) in [6.07, 6.45) is 4.03. The van der Waals surface area contributed by atoms with Crippen molar-refractivity contribution < 1.29 is 12.9 Å². The number of anilines is 1. The zero-order valence-electron chi connectivity index (χ0n) is 12.4. The maximum Gasteiger partial charge on any atom is 0.247 e. The molecule has 0 radical (unpaired) electrons. The minimum Gasteiger partial charge on any atom is -0.337 e. The highest BCUT2D eigenvalue weighted by Gasteiger charge is 2.15. The van der Waals surface area contributed by atoms with Gasteiger partial charge in [0.25, 0.3) is 0 Å². The minimum absolute atomic E-state index is 0.0951. The van der Waals surface area contributed by atoms with E-state index in [0.717, 1.165) is 23.9 Å². The molecule has 0 atom stereocenters. The fourth-order valence-corrected chi connectivity index (χ4v) is 2.50. The van der Waals surface area contributed by atoms with Crippen LogP contribution >= 0.6 is 0 Å². The standard InChI is InChI=1S/C14H16N4O3S/c1-3-11-5-4-6-12(7-11)18(10-15)8-14-16-13(17-21-14)9-22(2,19)20/h4-7H,3,8-9H2,1-2H3. The number of aromatic nitrogens is 2. The fourth-order valence-electron chi connectivity index (χ4n) is 1.91. The first kappa shape index (κ1) is 16.0. The van der Waals surface area contributed by atoms with Crippen LogP contribution in [0.1, 0.15) is 24.2 Å². The third-order valence-corrected chi connectivity index (χ3v) is 3.73. The normalized spacial score (nSPS) is 11.1. The predicted octanol–water partition coefficient (Wildman–Crippen LogP) is 1.66. The summed E-state index contributed by atoms with van der Waals surface area (Å²) in [5, 5.41) is 12.9. The maximum absolute atomic E-state index is 11.2. The van der Waals surface area contributed by atoms with Crippen molar-refractivity contribution in [2.24, 2.45) is 0 Å². The zero-order valence-corrected chi connectivity index (χ0v) is 13.2. The van der Waals surface area contributed by atoms with E-state index in [1.807, 2.05) is 31.2 Å². The largest absolute Gasteiger partial charge is 0.337 e. The van der Waals surface area contributed by atoms with E-state index in [1.54, 1.807) is 0 Å². The lowest BCUT2D eigenvalue weighted by Crippen LogP contribution is -2.16. The van der Waals surface area contributed by atoms with E-state index in [4.69, 9.17) is 4.52 Å². The van der Waals surface area contributed by atoms with Gasteiger partial charge in [-0.1, -0.05) is 24.2 Å². The lowest BCUT2D eigenvalue weighted by Gasteiger charge is -2.13. The summed E-state index contributed by atoms with van der Waals surface area (Å²) in [4.78, 5) is 5.42. The predicted molar refractivity (Wildman–Crippen MR) is 80.5 cm³/mol. The van der Waals surface area contributed by atoms with Crippen LogP contribution in [0.2, 0.25) is 0 Å². The van der Waals surface area contributed by atoms with Crippen molar-refractivity contribution in [3.63, 3.8) is 0 Å². The topological polar surface area (TPSA) is 100 Å². The Morgan fingerprint density at radius 2 is 2.18 bits per heavy atom. The van der Waals surface area contributed by atoms with Gasteiger partial charge >= 0.3 is 0 Å². The first-order chi connectivity index (χ1) is 10.4. The summed E-state index contributed by atoms with van der Waals surface area (Å²) in [6, 6.07) is 7.59. The van der Waals surface area contributed by atoms with Crippen LogP contribution in [0.5, 0.6) is 0 Å². The molecule has 0 fully saturated rings. The molecule has 0 saturated carbocycles. The van der Waals surface area contributed by atoms with E-state index < -0.39 is 9.84 Å². The van der Waals surface area contributed by atoms with Crippen LogP contribution in [0.3, 0.4) is 0 Å². The molecule has 0 aliphatic rings.